The maximum Gasteiger partial charge on any atom is 0.146 e. The van der Waals surface area contributed by atoms with Crippen LogP contribution in [0.25, 0.3) is 0 Å². The fourth-order valence-electron chi connectivity index (χ4n) is 1.45. The van der Waals surface area contributed by atoms with Crippen LogP contribution in [0, 0.1) is 5.82 Å². The Morgan fingerprint density at radius 3 is 2.67 bits per heavy atom. The highest BCUT2D eigenvalue weighted by Crippen LogP contribution is 2.19. The maximum absolute atomic E-state index is 13.6. The largest absolute Gasteiger partial charge is 0.392 e. The summed E-state index contributed by atoms with van der Waals surface area (Å²) in [5.41, 5.74) is 2.08. The molecule has 0 aliphatic heterocycles. The zero-order valence-electron chi connectivity index (χ0n) is 9.13. The van der Waals surface area contributed by atoms with Crippen molar-refractivity contribution in [2.75, 3.05) is 18.5 Å². The van der Waals surface area contributed by atoms with Crippen molar-refractivity contribution in [3.63, 3.8) is 0 Å². The number of nitrogens with zero attached hydrogens (tertiary/aromatic N) is 1. The number of halogens is 1. The summed E-state index contributed by atoms with van der Waals surface area (Å²) in [7, 11) is 1.81. The molecule has 0 aromatic heterocycles. The molecule has 1 rings (SSSR count). The molecular formula is C12H16FNO. The number of aliphatic hydroxyl groups excluding tert-OH is 1. The van der Waals surface area contributed by atoms with E-state index >= 15 is 0 Å². The number of anilines is 1. The minimum Gasteiger partial charge on any atom is -0.392 e. The first-order valence-corrected chi connectivity index (χ1v) is 4.79. The van der Waals surface area contributed by atoms with Crippen molar-refractivity contribution in [3.8, 4) is 0 Å². The fraction of sp³-hybridized carbons (Fsp3) is 0.333. The molecule has 0 bridgehead atoms. The number of hydrogen-bond acceptors (Lipinski definition) is 2. The zero-order chi connectivity index (χ0) is 11.4. The van der Waals surface area contributed by atoms with E-state index in [1.54, 1.807) is 17.0 Å². The first-order valence-electron chi connectivity index (χ1n) is 4.79. The molecule has 0 aliphatic carbocycles. The van der Waals surface area contributed by atoms with Crippen molar-refractivity contribution in [2.45, 2.75) is 13.5 Å². The van der Waals surface area contributed by atoms with Crippen LogP contribution < -0.4 is 4.90 Å². The van der Waals surface area contributed by atoms with Gasteiger partial charge in [0.2, 0.25) is 0 Å². The van der Waals surface area contributed by atoms with Gasteiger partial charge in [-0.15, -0.1) is 0 Å². The Morgan fingerprint density at radius 2 is 2.20 bits per heavy atom. The minimum atomic E-state index is -0.315. The van der Waals surface area contributed by atoms with Gasteiger partial charge in [-0.25, -0.2) is 4.39 Å². The first kappa shape index (κ1) is 11.7. The molecule has 2 nitrogen and oxygen atoms in total. The summed E-state index contributed by atoms with van der Waals surface area (Å²) in [4.78, 5) is 1.79. The molecule has 0 radical (unpaired) electrons. The van der Waals surface area contributed by atoms with E-state index in [2.05, 4.69) is 6.58 Å². The average Bonchev–Trinajstić information content (AvgIpc) is 2.16. The van der Waals surface area contributed by atoms with Gasteiger partial charge >= 0.3 is 0 Å². The summed E-state index contributed by atoms with van der Waals surface area (Å²) in [5, 5.41) is 8.84. The Bertz CT molecular complexity index is 363. The van der Waals surface area contributed by atoms with Crippen molar-refractivity contribution in [1.29, 1.82) is 0 Å². The lowest BCUT2D eigenvalue weighted by Crippen LogP contribution is -2.20. The van der Waals surface area contributed by atoms with Crippen LogP contribution in [0.15, 0.2) is 30.4 Å². The number of benzene rings is 1. The predicted octanol–water partition coefficient (Wildman–Crippen LogP) is 2.33. The average molecular weight is 209 g/mol. The number of rotatable bonds is 4. The molecule has 0 amide bonds. The Morgan fingerprint density at radius 1 is 1.53 bits per heavy atom. The molecule has 15 heavy (non-hydrogen) atoms. The smallest absolute Gasteiger partial charge is 0.146 e. The molecule has 0 spiro atoms. The van der Waals surface area contributed by atoms with Gasteiger partial charge in [0.1, 0.15) is 5.82 Å². The number of hydrogen-bond donors (Lipinski definition) is 1. The van der Waals surface area contributed by atoms with Crippen molar-refractivity contribution in [1.82, 2.24) is 0 Å². The van der Waals surface area contributed by atoms with Crippen molar-refractivity contribution in [2.24, 2.45) is 0 Å². The second-order valence-corrected chi connectivity index (χ2v) is 3.76. The minimum absolute atomic E-state index is 0.137. The van der Waals surface area contributed by atoms with E-state index in [1.165, 1.54) is 6.07 Å². The Labute approximate surface area is 89.7 Å². The molecule has 0 heterocycles. The van der Waals surface area contributed by atoms with Crippen LogP contribution in [0.5, 0.6) is 0 Å². The molecule has 0 aliphatic rings. The molecule has 0 unspecified atom stereocenters. The first-order chi connectivity index (χ1) is 7.04. The van der Waals surface area contributed by atoms with Gasteiger partial charge in [0.25, 0.3) is 0 Å². The highest BCUT2D eigenvalue weighted by atomic mass is 19.1. The van der Waals surface area contributed by atoms with Gasteiger partial charge in [0.05, 0.1) is 12.3 Å². The van der Waals surface area contributed by atoms with Crippen LogP contribution in [0.1, 0.15) is 12.5 Å². The van der Waals surface area contributed by atoms with Gasteiger partial charge in [-0.2, -0.15) is 0 Å². The summed E-state index contributed by atoms with van der Waals surface area (Å²) >= 11 is 0. The van der Waals surface area contributed by atoms with Crippen LogP contribution in [-0.4, -0.2) is 18.7 Å². The summed E-state index contributed by atoms with van der Waals surface area (Å²) < 4.78 is 13.6. The third-order valence-corrected chi connectivity index (χ3v) is 2.11. The van der Waals surface area contributed by atoms with Gasteiger partial charge in [-0.3, -0.25) is 0 Å². The molecule has 0 saturated heterocycles. The summed E-state index contributed by atoms with van der Waals surface area (Å²) in [6.07, 6.45) is 0. The second-order valence-electron chi connectivity index (χ2n) is 3.76. The molecule has 0 fully saturated rings. The molecular weight excluding hydrogens is 193 g/mol. The van der Waals surface area contributed by atoms with Crippen LogP contribution >= 0.6 is 0 Å². The number of likely N-dealkylation sites (N-methyl/N-ethyl adjacent to an activating group) is 1. The predicted molar refractivity (Wildman–Crippen MR) is 60.4 cm³/mol. The van der Waals surface area contributed by atoms with Crippen molar-refractivity contribution in [3.05, 3.63) is 41.7 Å². The fourth-order valence-corrected chi connectivity index (χ4v) is 1.45. The Balaban J connectivity index is 2.90. The van der Waals surface area contributed by atoms with Crippen LogP contribution in [-0.2, 0) is 6.61 Å². The van der Waals surface area contributed by atoms with E-state index < -0.39 is 0 Å². The summed E-state index contributed by atoms with van der Waals surface area (Å²) in [5.74, 6) is -0.315. The normalized spacial score (nSPS) is 10.1. The monoisotopic (exact) mass is 209 g/mol. The van der Waals surface area contributed by atoms with Gasteiger partial charge in [-0.1, -0.05) is 18.2 Å². The highest BCUT2D eigenvalue weighted by molar-refractivity contribution is 5.49. The van der Waals surface area contributed by atoms with E-state index in [0.29, 0.717) is 17.8 Å². The van der Waals surface area contributed by atoms with Gasteiger partial charge in [-0.05, 0) is 24.6 Å². The second kappa shape index (κ2) is 4.94. The maximum atomic E-state index is 13.6. The Kier molecular flexibility index (Phi) is 3.86. The molecule has 1 N–H and O–H groups in total. The standard InChI is InChI=1S/C12H16FNO/c1-9(2)7-14(3)12-5-4-10(8-15)6-11(12)13/h4-6,15H,1,7-8H2,2-3H3. The van der Waals surface area contributed by atoms with Crippen LogP contribution in [0.2, 0.25) is 0 Å². The quantitative estimate of drug-likeness (QED) is 0.769. The molecule has 82 valence electrons. The van der Waals surface area contributed by atoms with E-state index in [9.17, 15) is 4.39 Å². The van der Waals surface area contributed by atoms with Crippen LogP contribution in [0.3, 0.4) is 0 Å². The molecule has 0 atom stereocenters. The lowest BCUT2D eigenvalue weighted by atomic mass is 10.2. The van der Waals surface area contributed by atoms with Crippen molar-refractivity contribution < 1.29 is 9.50 Å². The van der Waals surface area contributed by atoms with Crippen molar-refractivity contribution >= 4 is 5.69 Å². The summed E-state index contributed by atoms with van der Waals surface area (Å²) in [6, 6.07) is 4.74. The summed E-state index contributed by atoms with van der Waals surface area (Å²) in [6.45, 7) is 6.16. The molecule has 3 heteroatoms. The van der Waals surface area contributed by atoms with Gasteiger partial charge in [0, 0.05) is 13.6 Å². The van der Waals surface area contributed by atoms with E-state index in [0.717, 1.165) is 5.57 Å². The lowest BCUT2D eigenvalue weighted by Gasteiger charge is -2.20. The van der Waals surface area contributed by atoms with E-state index in [1.807, 2.05) is 14.0 Å². The van der Waals surface area contributed by atoms with Gasteiger partial charge in [0.15, 0.2) is 0 Å². The third kappa shape index (κ3) is 3.06. The molecule has 0 saturated carbocycles. The lowest BCUT2D eigenvalue weighted by molar-refractivity contribution is 0.281. The molecule has 1 aromatic carbocycles. The van der Waals surface area contributed by atoms with Gasteiger partial charge < -0.3 is 10.0 Å². The zero-order valence-corrected chi connectivity index (χ0v) is 9.13. The highest BCUT2D eigenvalue weighted by Gasteiger charge is 2.07. The SMILES string of the molecule is C=C(C)CN(C)c1ccc(CO)cc1F. The Hall–Kier alpha value is -1.35. The van der Waals surface area contributed by atoms with Crippen LogP contribution in [0.4, 0.5) is 10.1 Å². The third-order valence-electron chi connectivity index (χ3n) is 2.11. The topological polar surface area (TPSA) is 23.5 Å². The number of aliphatic hydroxyl groups is 1. The molecule has 1 aromatic rings. The van der Waals surface area contributed by atoms with E-state index in [4.69, 9.17) is 5.11 Å². The van der Waals surface area contributed by atoms with E-state index in [-0.39, 0.29) is 12.4 Å².